The lowest BCUT2D eigenvalue weighted by Gasteiger charge is -2.11. The number of hydrogen-bond acceptors (Lipinski definition) is 6. The highest BCUT2D eigenvalue weighted by molar-refractivity contribution is 5.77. The van der Waals surface area contributed by atoms with Crippen LogP contribution in [0.4, 0.5) is 0 Å². The molecule has 5 aromatic rings. The third-order valence-electron chi connectivity index (χ3n) is 5.70. The second-order valence-electron chi connectivity index (χ2n) is 7.80. The van der Waals surface area contributed by atoms with Gasteiger partial charge in [-0.15, -0.1) is 0 Å². The molecular formula is C24H20N6O2. The molecule has 32 heavy (non-hydrogen) atoms. The van der Waals surface area contributed by atoms with E-state index in [1.54, 1.807) is 20.4 Å². The van der Waals surface area contributed by atoms with Crippen molar-refractivity contribution in [1.82, 2.24) is 29.5 Å². The average Bonchev–Trinajstić information content (AvgIpc) is 3.51. The number of methoxy groups -OCH3 is 1. The fraction of sp³-hybridized carbons (Fsp3) is 0.167. The molecule has 0 saturated heterocycles. The predicted octanol–water partition coefficient (Wildman–Crippen LogP) is 4.06. The van der Waals surface area contributed by atoms with E-state index in [0.717, 1.165) is 34.0 Å². The van der Waals surface area contributed by atoms with Crippen molar-refractivity contribution in [1.29, 1.82) is 0 Å². The number of rotatable bonds is 4. The summed E-state index contributed by atoms with van der Waals surface area (Å²) in [5.74, 6) is 1.78. The molecular weight excluding hydrogens is 404 g/mol. The van der Waals surface area contributed by atoms with Gasteiger partial charge in [0, 0.05) is 23.7 Å². The van der Waals surface area contributed by atoms with Crippen molar-refractivity contribution in [2.75, 3.05) is 7.11 Å². The summed E-state index contributed by atoms with van der Waals surface area (Å²) in [6.07, 6.45) is 4.55. The number of aryl methyl sites for hydroxylation is 1. The number of fused-ring (bicyclic) bond motifs is 5. The van der Waals surface area contributed by atoms with Crippen LogP contribution in [0.15, 0.2) is 65.6 Å². The van der Waals surface area contributed by atoms with Crippen molar-refractivity contribution in [3.8, 4) is 34.3 Å². The summed E-state index contributed by atoms with van der Waals surface area (Å²) in [5.41, 5.74) is 6.89. The van der Waals surface area contributed by atoms with Crippen LogP contribution in [0, 0.1) is 6.92 Å². The van der Waals surface area contributed by atoms with E-state index >= 15 is 0 Å². The Hall–Kier alpha value is -4.20. The van der Waals surface area contributed by atoms with E-state index in [0.29, 0.717) is 30.4 Å². The van der Waals surface area contributed by atoms with Gasteiger partial charge in [-0.25, -0.2) is 4.98 Å². The summed E-state index contributed by atoms with van der Waals surface area (Å²) in [6, 6.07) is 16.3. The molecule has 6 rings (SSSR count). The summed E-state index contributed by atoms with van der Waals surface area (Å²) in [5, 5.41) is 8.91. The Bertz CT molecular complexity index is 1430. The standard InChI is InChI=1S/C24H20N6O2/c1-15-26-24(32-28-15)23-21-10-17-13-29(12-16-6-4-3-5-7-16)27-22(17)19-11-18(31-2)8-9-20(19)30(21)14-25-23/h3-9,11,13-14H,10,12H2,1-2H3. The van der Waals surface area contributed by atoms with Crippen molar-refractivity contribution in [3.63, 3.8) is 0 Å². The highest BCUT2D eigenvalue weighted by Crippen LogP contribution is 2.38. The second kappa shape index (κ2) is 7.19. The normalized spacial score (nSPS) is 12.1. The maximum Gasteiger partial charge on any atom is 0.278 e. The molecule has 0 radical (unpaired) electrons. The van der Waals surface area contributed by atoms with E-state index in [2.05, 4.69) is 38.0 Å². The largest absolute Gasteiger partial charge is 0.497 e. The molecule has 8 nitrogen and oxygen atoms in total. The van der Waals surface area contributed by atoms with E-state index in [1.165, 1.54) is 5.56 Å². The lowest BCUT2D eigenvalue weighted by molar-refractivity contribution is 0.415. The maximum absolute atomic E-state index is 5.51. The minimum Gasteiger partial charge on any atom is -0.497 e. The van der Waals surface area contributed by atoms with Gasteiger partial charge >= 0.3 is 0 Å². The van der Waals surface area contributed by atoms with Crippen LogP contribution in [0.2, 0.25) is 0 Å². The van der Waals surface area contributed by atoms with Crippen LogP contribution in [-0.2, 0) is 13.0 Å². The number of nitrogens with zero attached hydrogens (tertiary/aromatic N) is 6. The van der Waals surface area contributed by atoms with Crippen molar-refractivity contribution in [2.45, 2.75) is 19.9 Å². The van der Waals surface area contributed by atoms with Gasteiger partial charge in [-0.1, -0.05) is 35.5 Å². The highest BCUT2D eigenvalue weighted by atomic mass is 16.5. The van der Waals surface area contributed by atoms with Gasteiger partial charge in [0.05, 0.1) is 30.7 Å². The monoisotopic (exact) mass is 424 g/mol. The first-order valence-corrected chi connectivity index (χ1v) is 10.4. The Labute approximate surface area is 184 Å². The van der Waals surface area contributed by atoms with Crippen molar-refractivity contribution >= 4 is 0 Å². The highest BCUT2D eigenvalue weighted by Gasteiger charge is 2.27. The molecule has 1 aliphatic heterocycles. The van der Waals surface area contributed by atoms with Crippen LogP contribution in [0.3, 0.4) is 0 Å². The molecule has 0 N–H and O–H groups in total. The molecule has 0 bridgehead atoms. The molecule has 0 spiro atoms. The second-order valence-corrected chi connectivity index (χ2v) is 7.80. The fourth-order valence-electron chi connectivity index (χ4n) is 4.21. The molecule has 158 valence electrons. The summed E-state index contributed by atoms with van der Waals surface area (Å²) >= 11 is 0. The quantitative estimate of drug-likeness (QED) is 0.424. The number of benzene rings is 2. The molecule has 0 atom stereocenters. The molecule has 3 aromatic heterocycles. The van der Waals surface area contributed by atoms with Crippen LogP contribution in [0.1, 0.15) is 22.6 Å². The van der Waals surface area contributed by atoms with E-state index in [9.17, 15) is 0 Å². The van der Waals surface area contributed by atoms with Crippen LogP contribution < -0.4 is 4.74 Å². The van der Waals surface area contributed by atoms with Crippen LogP contribution >= 0.6 is 0 Å². The zero-order valence-corrected chi connectivity index (χ0v) is 17.7. The predicted molar refractivity (Wildman–Crippen MR) is 118 cm³/mol. The zero-order chi connectivity index (χ0) is 21.7. The molecule has 0 amide bonds. The van der Waals surface area contributed by atoms with Crippen LogP contribution in [0.25, 0.3) is 28.5 Å². The molecule has 0 aliphatic carbocycles. The zero-order valence-electron chi connectivity index (χ0n) is 17.7. The Morgan fingerprint density at radius 3 is 2.75 bits per heavy atom. The molecule has 4 heterocycles. The van der Waals surface area contributed by atoms with Gasteiger partial charge in [0.1, 0.15) is 12.1 Å². The molecule has 0 fully saturated rings. The van der Waals surface area contributed by atoms with Crippen molar-refractivity contribution in [2.24, 2.45) is 0 Å². The van der Waals surface area contributed by atoms with Gasteiger partial charge in [-0.05, 0) is 30.7 Å². The SMILES string of the molecule is COc1ccc2c(c1)-c1nn(Cc3ccccc3)cc1Cc1c(-c3nc(C)no3)ncn1-2. The summed E-state index contributed by atoms with van der Waals surface area (Å²) in [6.45, 7) is 2.50. The number of ether oxygens (including phenoxy) is 1. The Morgan fingerprint density at radius 1 is 1.09 bits per heavy atom. The minimum absolute atomic E-state index is 0.423. The van der Waals surface area contributed by atoms with E-state index in [4.69, 9.17) is 14.4 Å². The molecule has 2 aromatic carbocycles. The van der Waals surface area contributed by atoms with Gasteiger partial charge in [0.15, 0.2) is 11.5 Å². The maximum atomic E-state index is 5.51. The number of imidazole rings is 1. The summed E-state index contributed by atoms with van der Waals surface area (Å²) < 4.78 is 15.0. The van der Waals surface area contributed by atoms with Gasteiger partial charge in [0.2, 0.25) is 0 Å². The third kappa shape index (κ3) is 2.99. The number of hydrogen-bond donors (Lipinski definition) is 0. The minimum atomic E-state index is 0.423. The van der Waals surface area contributed by atoms with Crippen molar-refractivity contribution < 1.29 is 9.26 Å². The first kappa shape index (κ1) is 18.6. The smallest absolute Gasteiger partial charge is 0.278 e. The summed E-state index contributed by atoms with van der Waals surface area (Å²) in [4.78, 5) is 9.02. The lowest BCUT2D eigenvalue weighted by Crippen LogP contribution is -2.03. The molecule has 1 aliphatic rings. The average molecular weight is 424 g/mol. The third-order valence-corrected chi connectivity index (χ3v) is 5.70. The van der Waals surface area contributed by atoms with Gasteiger partial charge < -0.3 is 13.8 Å². The Kier molecular flexibility index (Phi) is 4.17. The summed E-state index contributed by atoms with van der Waals surface area (Å²) in [7, 11) is 1.67. The fourth-order valence-corrected chi connectivity index (χ4v) is 4.21. The lowest BCUT2D eigenvalue weighted by atomic mass is 10.0. The molecule has 0 saturated carbocycles. The Balaban J connectivity index is 1.53. The Morgan fingerprint density at radius 2 is 1.97 bits per heavy atom. The first-order chi connectivity index (χ1) is 15.7. The van der Waals surface area contributed by atoms with Crippen LogP contribution in [-0.4, -0.2) is 36.6 Å². The molecule has 0 unspecified atom stereocenters. The van der Waals surface area contributed by atoms with E-state index in [1.807, 2.05) is 41.1 Å². The van der Waals surface area contributed by atoms with Gasteiger partial charge in [-0.3, -0.25) is 4.68 Å². The van der Waals surface area contributed by atoms with E-state index in [-0.39, 0.29) is 0 Å². The first-order valence-electron chi connectivity index (χ1n) is 10.4. The van der Waals surface area contributed by atoms with Crippen molar-refractivity contribution in [3.05, 3.63) is 83.7 Å². The van der Waals surface area contributed by atoms with Gasteiger partial charge in [-0.2, -0.15) is 10.1 Å². The van der Waals surface area contributed by atoms with Crippen LogP contribution in [0.5, 0.6) is 5.75 Å². The molecule has 8 heteroatoms. The van der Waals surface area contributed by atoms with E-state index < -0.39 is 0 Å². The van der Waals surface area contributed by atoms with Gasteiger partial charge in [0.25, 0.3) is 5.89 Å². The topological polar surface area (TPSA) is 83.8 Å². The number of aromatic nitrogens is 6.